The lowest BCUT2D eigenvalue weighted by molar-refractivity contribution is 0.607. The van der Waals surface area contributed by atoms with E-state index < -0.39 is 0 Å². The molecule has 100 valence electrons. The van der Waals surface area contributed by atoms with Crippen molar-refractivity contribution in [2.45, 2.75) is 6.54 Å². The van der Waals surface area contributed by atoms with Crippen molar-refractivity contribution in [1.29, 1.82) is 0 Å². The Balaban J connectivity index is 2.25. The minimum absolute atomic E-state index is 0.282. The van der Waals surface area contributed by atoms with Crippen LogP contribution in [0, 0.1) is 11.6 Å². The van der Waals surface area contributed by atoms with Crippen molar-refractivity contribution in [3.05, 3.63) is 58.1 Å². The Hall–Kier alpha value is -1.62. The zero-order valence-corrected chi connectivity index (χ0v) is 11.9. The van der Waals surface area contributed by atoms with Crippen LogP contribution >= 0.6 is 15.9 Å². The molecule has 2 aromatic rings. The average Bonchev–Trinajstić information content (AvgIpc) is 2.33. The van der Waals surface area contributed by atoms with E-state index in [0.29, 0.717) is 23.5 Å². The SMILES string of the molecule is CN(Cc1cc(Br)ccc1F)c1ccc(F)cc1N. The average molecular weight is 327 g/mol. The largest absolute Gasteiger partial charge is 0.397 e. The minimum Gasteiger partial charge on any atom is -0.397 e. The lowest BCUT2D eigenvalue weighted by Gasteiger charge is -2.21. The second-order valence-corrected chi connectivity index (χ2v) is 5.21. The fourth-order valence-corrected chi connectivity index (χ4v) is 2.29. The monoisotopic (exact) mass is 326 g/mol. The van der Waals surface area contributed by atoms with E-state index >= 15 is 0 Å². The molecule has 2 aromatic carbocycles. The van der Waals surface area contributed by atoms with Crippen molar-refractivity contribution >= 4 is 27.3 Å². The van der Waals surface area contributed by atoms with E-state index in [4.69, 9.17) is 5.73 Å². The van der Waals surface area contributed by atoms with Gasteiger partial charge in [-0.3, -0.25) is 0 Å². The molecular formula is C14H13BrF2N2. The van der Waals surface area contributed by atoms with Crippen LogP contribution in [-0.4, -0.2) is 7.05 Å². The number of hydrogen-bond donors (Lipinski definition) is 1. The maximum Gasteiger partial charge on any atom is 0.128 e. The fraction of sp³-hybridized carbons (Fsp3) is 0.143. The van der Waals surface area contributed by atoms with Gasteiger partial charge in [0.2, 0.25) is 0 Å². The summed E-state index contributed by atoms with van der Waals surface area (Å²) in [4.78, 5) is 1.78. The lowest BCUT2D eigenvalue weighted by Crippen LogP contribution is -2.18. The lowest BCUT2D eigenvalue weighted by atomic mass is 10.2. The number of nitrogen functional groups attached to an aromatic ring is 1. The van der Waals surface area contributed by atoms with Crippen LogP contribution in [0.1, 0.15) is 5.56 Å². The second kappa shape index (κ2) is 5.57. The van der Waals surface area contributed by atoms with Gasteiger partial charge in [0.15, 0.2) is 0 Å². The van der Waals surface area contributed by atoms with Crippen LogP contribution < -0.4 is 10.6 Å². The number of benzene rings is 2. The van der Waals surface area contributed by atoms with Gasteiger partial charge in [-0.25, -0.2) is 8.78 Å². The van der Waals surface area contributed by atoms with E-state index in [1.165, 1.54) is 18.2 Å². The Labute approximate surface area is 119 Å². The van der Waals surface area contributed by atoms with E-state index in [9.17, 15) is 8.78 Å². The molecule has 0 aliphatic heterocycles. The molecule has 0 aromatic heterocycles. The van der Waals surface area contributed by atoms with Crippen molar-refractivity contribution in [3.8, 4) is 0 Å². The van der Waals surface area contributed by atoms with Crippen LogP contribution in [-0.2, 0) is 6.54 Å². The van der Waals surface area contributed by atoms with Crippen LogP contribution in [0.5, 0.6) is 0 Å². The van der Waals surface area contributed by atoms with Gasteiger partial charge in [-0.05, 0) is 36.4 Å². The van der Waals surface area contributed by atoms with Crippen molar-refractivity contribution in [3.63, 3.8) is 0 Å². The molecule has 0 bridgehead atoms. The van der Waals surface area contributed by atoms with Gasteiger partial charge in [-0.1, -0.05) is 15.9 Å². The highest BCUT2D eigenvalue weighted by atomic mass is 79.9. The first-order valence-corrected chi connectivity index (χ1v) is 6.47. The summed E-state index contributed by atoms with van der Waals surface area (Å²) in [5, 5.41) is 0. The molecule has 0 saturated heterocycles. The summed E-state index contributed by atoms with van der Waals surface area (Å²) in [5.74, 6) is -0.668. The van der Waals surface area contributed by atoms with Crippen LogP contribution in [0.2, 0.25) is 0 Å². The molecule has 2 rings (SSSR count). The molecule has 0 saturated carbocycles. The van der Waals surface area contributed by atoms with Gasteiger partial charge in [0.05, 0.1) is 11.4 Å². The summed E-state index contributed by atoms with van der Waals surface area (Å²) in [7, 11) is 1.78. The summed E-state index contributed by atoms with van der Waals surface area (Å²) in [6, 6.07) is 8.93. The maximum absolute atomic E-state index is 13.7. The Kier molecular flexibility index (Phi) is 4.04. The predicted octanol–water partition coefficient (Wildman–Crippen LogP) is 3.95. The van der Waals surface area contributed by atoms with E-state index in [1.807, 2.05) is 0 Å². The van der Waals surface area contributed by atoms with Crippen molar-refractivity contribution in [1.82, 2.24) is 0 Å². The maximum atomic E-state index is 13.7. The third kappa shape index (κ3) is 3.23. The molecule has 2 nitrogen and oxygen atoms in total. The molecule has 0 fully saturated rings. The van der Waals surface area contributed by atoms with E-state index in [0.717, 1.165) is 4.47 Å². The summed E-state index contributed by atoms with van der Waals surface area (Å²) in [5.41, 5.74) is 7.30. The van der Waals surface area contributed by atoms with Crippen molar-refractivity contribution < 1.29 is 8.78 Å². The quantitative estimate of drug-likeness (QED) is 0.865. The second-order valence-electron chi connectivity index (χ2n) is 4.29. The summed E-state index contributed by atoms with van der Waals surface area (Å²) in [6.07, 6.45) is 0. The molecule has 0 aliphatic carbocycles. The Morgan fingerprint density at radius 3 is 2.58 bits per heavy atom. The number of nitrogens with zero attached hydrogens (tertiary/aromatic N) is 1. The first-order chi connectivity index (χ1) is 8.97. The van der Waals surface area contributed by atoms with Crippen molar-refractivity contribution in [2.24, 2.45) is 0 Å². The molecule has 0 atom stereocenters. The third-order valence-corrected chi connectivity index (χ3v) is 3.31. The Bertz CT molecular complexity index is 602. The van der Waals surface area contributed by atoms with Gasteiger partial charge in [-0.2, -0.15) is 0 Å². The first-order valence-electron chi connectivity index (χ1n) is 5.67. The molecule has 0 heterocycles. The number of nitrogens with two attached hydrogens (primary N) is 1. The Morgan fingerprint density at radius 2 is 1.89 bits per heavy atom. The zero-order chi connectivity index (χ0) is 14.0. The van der Waals surface area contributed by atoms with Crippen LogP contribution in [0.3, 0.4) is 0 Å². The topological polar surface area (TPSA) is 29.3 Å². The number of rotatable bonds is 3. The Morgan fingerprint density at radius 1 is 1.16 bits per heavy atom. The third-order valence-electron chi connectivity index (χ3n) is 2.82. The fourth-order valence-electron chi connectivity index (χ4n) is 1.88. The smallest absolute Gasteiger partial charge is 0.128 e. The normalized spacial score (nSPS) is 10.5. The minimum atomic E-state index is -0.386. The summed E-state index contributed by atoms with van der Waals surface area (Å²) in [6.45, 7) is 0.348. The molecule has 0 aliphatic rings. The van der Waals surface area contributed by atoms with Gasteiger partial charge < -0.3 is 10.6 Å². The molecule has 0 radical (unpaired) electrons. The molecule has 0 unspecified atom stereocenters. The van der Waals surface area contributed by atoms with Crippen LogP contribution in [0.15, 0.2) is 40.9 Å². The summed E-state index contributed by atoms with van der Waals surface area (Å²) >= 11 is 3.31. The highest BCUT2D eigenvalue weighted by Gasteiger charge is 2.10. The van der Waals surface area contributed by atoms with Crippen molar-refractivity contribution in [2.75, 3.05) is 17.7 Å². The molecule has 19 heavy (non-hydrogen) atoms. The number of anilines is 2. The number of hydrogen-bond acceptors (Lipinski definition) is 2. The predicted molar refractivity (Wildman–Crippen MR) is 77.0 cm³/mol. The standard InChI is InChI=1S/C14H13BrF2N2/c1-19(14-5-3-11(16)7-13(14)18)8-9-6-10(15)2-4-12(9)17/h2-7H,8,18H2,1H3. The van der Waals surface area contributed by atoms with Gasteiger partial charge in [-0.15, -0.1) is 0 Å². The zero-order valence-electron chi connectivity index (χ0n) is 10.3. The molecule has 2 N–H and O–H groups in total. The van der Waals surface area contributed by atoms with Gasteiger partial charge in [0, 0.05) is 23.6 Å². The molecule has 5 heteroatoms. The van der Waals surface area contributed by atoms with E-state index in [1.54, 1.807) is 30.1 Å². The van der Waals surface area contributed by atoms with Gasteiger partial charge in [0.1, 0.15) is 11.6 Å². The molecular weight excluding hydrogens is 314 g/mol. The highest BCUT2D eigenvalue weighted by Crippen LogP contribution is 2.25. The number of halogens is 3. The van der Waals surface area contributed by atoms with E-state index in [-0.39, 0.29) is 11.6 Å². The molecule has 0 amide bonds. The first kappa shape index (κ1) is 13.8. The van der Waals surface area contributed by atoms with Gasteiger partial charge in [0.25, 0.3) is 0 Å². The van der Waals surface area contributed by atoms with Crippen LogP contribution in [0.4, 0.5) is 20.2 Å². The van der Waals surface area contributed by atoms with E-state index in [2.05, 4.69) is 15.9 Å². The highest BCUT2D eigenvalue weighted by molar-refractivity contribution is 9.10. The summed E-state index contributed by atoms with van der Waals surface area (Å²) < 4.78 is 27.5. The van der Waals surface area contributed by atoms with Gasteiger partial charge >= 0.3 is 0 Å². The molecule has 0 spiro atoms. The van der Waals surface area contributed by atoms with Crippen LogP contribution in [0.25, 0.3) is 0 Å².